The van der Waals surface area contributed by atoms with Gasteiger partial charge in [0.05, 0.1) is 0 Å². The van der Waals surface area contributed by atoms with Crippen molar-refractivity contribution in [3.05, 3.63) is 12.2 Å². The molecule has 0 saturated heterocycles. The van der Waals surface area contributed by atoms with E-state index in [1.54, 1.807) is 0 Å². The summed E-state index contributed by atoms with van der Waals surface area (Å²) in [6.07, 6.45) is 5.44. The maximum Gasteiger partial charge on any atom is -0.0208 e. The summed E-state index contributed by atoms with van der Waals surface area (Å²) in [5.74, 6) is 0.797. The molecule has 1 fully saturated rings. The van der Waals surface area contributed by atoms with Gasteiger partial charge in [-0.15, -0.1) is 0 Å². The van der Waals surface area contributed by atoms with Gasteiger partial charge in [-0.05, 0) is 49.4 Å². The number of hydrogen-bond donors (Lipinski definition) is 0. The highest BCUT2D eigenvalue weighted by Gasteiger charge is 2.40. The zero-order valence-corrected chi connectivity index (χ0v) is 10.6. The van der Waals surface area contributed by atoms with E-state index >= 15 is 0 Å². The monoisotopic (exact) mass is 194 g/mol. The summed E-state index contributed by atoms with van der Waals surface area (Å²) in [6, 6.07) is 0. The molecule has 0 bridgehead atoms. The number of rotatable bonds is 1. The molecule has 0 heterocycles. The van der Waals surface area contributed by atoms with Crippen molar-refractivity contribution in [1.29, 1.82) is 0 Å². The van der Waals surface area contributed by atoms with Crippen LogP contribution in [0.3, 0.4) is 0 Å². The van der Waals surface area contributed by atoms with Gasteiger partial charge in [-0.1, -0.05) is 39.8 Å². The molecule has 0 radical (unpaired) electrons. The first-order valence-corrected chi connectivity index (χ1v) is 5.92. The molecule has 0 aromatic carbocycles. The van der Waals surface area contributed by atoms with Crippen molar-refractivity contribution in [2.24, 2.45) is 16.7 Å². The van der Waals surface area contributed by atoms with E-state index in [4.69, 9.17) is 0 Å². The van der Waals surface area contributed by atoms with Gasteiger partial charge in [0.15, 0.2) is 0 Å². The van der Waals surface area contributed by atoms with Crippen LogP contribution in [-0.4, -0.2) is 0 Å². The van der Waals surface area contributed by atoms with Crippen molar-refractivity contribution in [3.63, 3.8) is 0 Å². The third-order valence-corrected chi connectivity index (χ3v) is 4.60. The van der Waals surface area contributed by atoms with Crippen LogP contribution in [0, 0.1) is 16.7 Å². The normalized spacial score (nSPS) is 34.2. The molecule has 1 saturated carbocycles. The molecule has 1 aliphatic carbocycles. The van der Waals surface area contributed by atoms with Gasteiger partial charge in [-0.2, -0.15) is 0 Å². The van der Waals surface area contributed by atoms with Crippen LogP contribution < -0.4 is 0 Å². The minimum Gasteiger partial charge on any atom is -0.0999 e. The predicted molar refractivity (Wildman–Crippen MR) is 64.3 cm³/mol. The molecule has 14 heavy (non-hydrogen) atoms. The highest BCUT2D eigenvalue weighted by atomic mass is 14.4. The number of hydrogen-bond acceptors (Lipinski definition) is 0. The average molecular weight is 194 g/mol. The first-order chi connectivity index (χ1) is 6.26. The van der Waals surface area contributed by atoms with E-state index in [9.17, 15) is 0 Å². The lowest BCUT2D eigenvalue weighted by molar-refractivity contribution is 0.0472. The van der Waals surface area contributed by atoms with E-state index in [2.05, 4.69) is 41.2 Å². The van der Waals surface area contributed by atoms with Crippen LogP contribution in [0.25, 0.3) is 0 Å². The van der Waals surface area contributed by atoms with Crippen LogP contribution in [0.1, 0.15) is 60.3 Å². The molecule has 82 valence electrons. The molecule has 0 N–H and O–H groups in total. The second-order valence-electron chi connectivity index (χ2n) is 6.43. The summed E-state index contributed by atoms with van der Waals surface area (Å²) in [6.45, 7) is 15.9. The summed E-state index contributed by atoms with van der Waals surface area (Å²) < 4.78 is 0. The molecule has 0 aliphatic heterocycles. The molecule has 0 nitrogen and oxygen atoms in total. The molecule has 0 atom stereocenters. The molecule has 0 heteroatoms. The van der Waals surface area contributed by atoms with Gasteiger partial charge >= 0.3 is 0 Å². The third-order valence-electron chi connectivity index (χ3n) is 4.60. The van der Waals surface area contributed by atoms with E-state index in [1.165, 1.54) is 31.3 Å². The summed E-state index contributed by atoms with van der Waals surface area (Å²) in [7, 11) is 0. The van der Waals surface area contributed by atoms with Gasteiger partial charge in [0.2, 0.25) is 0 Å². The van der Waals surface area contributed by atoms with Crippen molar-refractivity contribution >= 4 is 0 Å². The summed E-state index contributed by atoms with van der Waals surface area (Å²) in [5.41, 5.74) is 2.38. The van der Waals surface area contributed by atoms with Crippen molar-refractivity contribution in [1.82, 2.24) is 0 Å². The van der Waals surface area contributed by atoms with Crippen molar-refractivity contribution < 1.29 is 0 Å². The van der Waals surface area contributed by atoms with Crippen LogP contribution >= 0.6 is 0 Å². The van der Waals surface area contributed by atoms with E-state index in [0.29, 0.717) is 10.8 Å². The molecule has 1 aliphatic rings. The molecule has 0 unspecified atom stereocenters. The van der Waals surface area contributed by atoms with Gasteiger partial charge in [-0.3, -0.25) is 0 Å². The molecule has 0 aromatic rings. The van der Waals surface area contributed by atoms with Crippen LogP contribution in [0.4, 0.5) is 0 Å². The van der Waals surface area contributed by atoms with Gasteiger partial charge in [0, 0.05) is 0 Å². The van der Waals surface area contributed by atoms with Crippen molar-refractivity contribution in [2.75, 3.05) is 0 Å². The fourth-order valence-corrected chi connectivity index (χ4v) is 2.50. The molecule has 0 aromatic heterocycles. The molecular formula is C14H26. The van der Waals surface area contributed by atoms with Gasteiger partial charge < -0.3 is 0 Å². The predicted octanol–water partition coefficient (Wildman–Crippen LogP) is 4.81. The minimum atomic E-state index is 0.451. The second-order valence-corrected chi connectivity index (χ2v) is 6.43. The standard InChI is InChI=1S/C14H26/c1-11(2)12-7-9-14(6,10-8-12)13(3,4)5/h12H,1,7-10H2,2-6H3. The maximum atomic E-state index is 4.09. The average Bonchev–Trinajstić information content (AvgIpc) is 2.03. The van der Waals surface area contributed by atoms with Crippen molar-refractivity contribution in [2.45, 2.75) is 60.3 Å². The van der Waals surface area contributed by atoms with Crippen LogP contribution in [0.5, 0.6) is 0 Å². The lowest BCUT2D eigenvalue weighted by atomic mass is 9.58. The molecular weight excluding hydrogens is 168 g/mol. The van der Waals surface area contributed by atoms with Crippen LogP contribution in [0.2, 0.25) is 0 Å². The Kier molecular flexibility index (Phi) is 3.13. The summed E-state index contributed by atoms with van der Waals surface area (Å²) in [5, 5.41) is 0. The van der Waals surface area contributed by atoms with E-state index in [1.807, 2.05) is 0 Å². The Balaban J connectivity index is 2.62. The van der Waals surface area contributed by atoms with Crippen LogP contribution in [-0.2, 0) is 0 Å². The lowest BCUT2D eigenvalue weighted by Gasteiger charge is -2.47. The fourth-order valence-electron chi connectivity index (χ4n) is 2.50. The molecule has 0 amide bonds. The van der Waals surface area contributed by atoms with E-state index in [0.717, 1.165) is 5.92 Å². The summed E-state index contributed by atoms with van der Waals surface area (Å²) >= 11 is 0. The van der Waals surface area contributed by atoms with Gasteiger partial charge in [0.1, 0.15) is 0 Å². The SMILES string of the molecule is C=C(C)C1CCC(C)(C(C)(C)C)CC1. The van der Waals surface area contributed by atoms with E-state index in [-0.39, 0.29) is 0 Å². The quantitative estimate of drug-likeness (QED) is 0.526. The van der Waals surface area contributed by atoms with Gasteiger partial charge in [-0.25, -0.2) is 0 Å². The van der Waals surface area contributed by atoms with Crippen molar-refractivity contribution in [3.8, 4) is 0 Å². The Morgan fingerprint density at radius 2 is 1.64 bits per heavy atom. The first kappa shape index (κ1) is 11.8. The van der Waals surface area contributed by atoms with Crippen LogP contribution in [0.15, 0.2) is 12.2 Å². The Hall–Kier alpha value is -0.260. The lowest BCUT2D eigenvalue weighted by Crippen LogP contribution is -2.36. The Bertz CT molecular complexity index is 209. The number of allylic oxidation sites excluding steroid dienone is 1. The Morgan fingerprint density at radius 3 is 1.93 bits per heavy atom. The highest BCUT2D eigenvalue weighted by molar-refractivity contribution is 5.01. The first-order valence-electron chi connectivity index (χ1n) is 5.92. The molecule has 1 rings (SSSR count). The smallest absolute Gasteiger partial charge is 0.0208 e. The zero-order valence-electron chi connectivity index (χ0n) is 10.6. The molecule has 0 spiro atoms. The van der Waals surface area contributed by atoms with Gasteiger partial charge in [0.25, 0.3) is 0 Å². The minimum absolute atomic E-state index is 0.451. The largest absolute Gasteiger partial charge is 0.0999 e. The maximum absolute atomic E-state index is 4.09. The Morgan fingerprint density at radius 1 is 1.21 bits per heavy atom. The summed E-state index contributed by atoms with van der Waals surface area (Å²) in [4.78, 5) is 0. The highest BCUT2D eigenvalue weighted by Crippen LogP contribution is 2.51. The Labute approximate surface area is 89.8 Å². The second kappa shape index (κ2) is 3.72. The third kappa shape index (κ3) is 2.21. The van der Waals surface area contributed by atoms with E-state index < -0.39 is 0 Å². The fraction of sp³-hybridized carbons (Fsp3) is 0.857. The zero-order chi connectivity index (χ0) is 11.0. The topological polar surface area (TPSA) is 0 Å².